The lowest BCUT2D eigenvalue weighted by atomic mass is 9.99. The lowest BCUT2D eigenvalue weighted by Gasteiger charge is -2.34. The first-order valence-corrected chi connectivity index (χ1v) is 12.6. The molecule has 0 bridgehead atoms. The largest absolute Gasteiger partial charge is 0.367 e. The molecule has 5 rings (SSSR count). The average molecular weight is 463 g/mol. The van der Waals surface area contributed by atoms with Gasteiger partial charge in [-0.05, 0) is 53.9 Å². The Morgan fingerprint density at radius 2 is 1.55 bits per heavy atom. The molecule has 3 heterocycles. The Morgan fingerprint density at radius 1 is 0.818 bits per heavy atom. The van der Waals surface area contributed by atoms with Gasteiger partial charge in [-0.25, -0.2) is 8.42 Å². The minimum Gasteiger partial charge on any atom is -0.367 e. The number of fused-ring (bicyclic) bond motifs is 1. The highest BCUT2D eigenvalue weighted by molar-refractivity contribution is 7.89. The van der Waals surface area contributed by atoms with Crippen LogP contribution in [0, 0.1) is 0 Å². The summed E-state index contributed by atoms with van der Waals surface area (Å²) in [5.41, 5.74) is 4.49. The zero-order valence-electron chi connectivity index (χ0n) is 18.3. The maximum absolute atomic E-state index is 13.0. The first kappa shape index (κ1) is 21.6. The molecule has 0 spiro atoms. The van der Waals surface area contributed by atoms with Crippen molar-refractivity contribution in [2.75, 3.05) is 37.6 Å². The van der Waals surface area contributed by atoms with Gasteiger partial charge in [0, 0.05) is 62.9 Å². The Hall–Kier alpha value is -3.23. The van der Waals surface area contributed by atoms with Crippen LogP contribution in [0.4, 0.5) is 5.69 Å². The van der Waals surface area contributed by atoms with Gasteiger partial charge in [-0.3, -0.25) is 9.78 Å². The molecule has 0 aliphatic carbocycles. The molecule has 1 aromatic heterocycles. The molecule has 0 radical (unpaired) electrons. The zero-order valence-corrected chi connectivity index (χ0v) is 19.1. The number of anilines is 1. The molecule has 170 valence electrons. The van der Waals surface area contributed by atoms with Crippen LogP contribution in [0.5, 0.6) is 0 Å². The predicted molar refractivity (Wildman–Crippen MR) is 127 cm³/mol. The van der Waals surface area contributed by atoms with Crippen molar-refractivity contribution in [3.8, 4) is 0 Å². The number of piperazine rings is 1. The average Bonchev–Trinajstić information content (AvgIpc) is 2.88. The summed E-state index contributed by atoms with van der Waals surface area (Å²) in [6, 6.07) is 19.4. The van der Waals surface area contributed by atoms with Crippen LogP contribution in [0.3, 0.4) is 0 Å². The number of hydrogen-bond acceptors (Lipinski definition) is 5. The summed E-state index contributed by atoms with van der Waals surface area (Å²) in [4.78, 5) is 21.2. The molecule has 33 heavy (non-hydrogen) atoms. The van der Waals surface area contributed by atoms with E-state index < -0.39 is 10.0 Å². The molecular weight excluding hydrogens is 436 g/mol. The molecule has 2 aromatic carbocycles. The molecule has 1 fully saturated rings. The maximum Gasteiger partial charge on any atom is 0.253 e. The second kappa shape index (κ2) is 8.96. The minimum atomic E-state index is -3.59. The van der Waals surface area contributed by atoms with E-state index in [2.05, 4.69) is 34.1 Å². The van der Waals surface area contributed by atoms with Gasteiger partial charge in [0.2, 0.25) is 10.0 Å². The van der Waals surface area contributed by atoms with Crippen molar-refractivity contribution in [2.24, 2.45) is 0 Å². The van der Waals surface area contributed by atoms with Crippen LogP contribution in [-0.2, 0) is 23.0 Å². The first-order chi connectivity index (χ1) is 16.0. The van der Waals surface area contributed by atoms with Crippen LogP contribution in [0.2, 0.25) is 0 Å². The van der Waals surface area contributed by atoms with Crippen LogP contribution in [0.25, 0.3) is 0 Å². The van der Waals surface area contributed by atoms with Gasteiger partial charge in [-0.2, -0.15) is 4.31 Å². The van der Waals surface area contributed by atoms with Gasteiger partial charge < -0.3 is 9.80 Å². The summed E-state index contributed by atoms with van der Waals surface area (Å²) in [5, 5.41) is 0. The number of pyridine rings is 1. The molecule has 1 saturated heterocycles. The predicted octanol–water partition coefficient (Wildman–Crippen LogP) is 2.79. The summed E-state index contributed by atoms with van der Waals surface area (Å²) in [7, 11) is -3.59. The Balaban J connectivity index is 1.21. The molecular formula is C25H26N4O3S. The van der Waals surface area contributed by atoms with Crippen molar-refractivity contribution < 1.29 is 13.2 Å². The summed E-state index contributed by atoms with van der Waals surface area (Å²) >= 11 is 0. The minimum absolute atomic E-state index is 0.0658. The quantitative estimate of drug-likeness (QED) is 0.596. The third kappa shape index (κ3) is 4.36. The number of carbonyl (C=O) groups excluding carboxylic acids is 1. The standard InChI is InChI=1S/C25H26N4O3S/c30-25(27-14-16-29(17-15-27)33(31,32)24-6-3-12-26-18-24)21-7-9-23(10-8-21)28-13-11-20-4-1-2-5-22(20)19-28/h1-10,12,18H,11,13-17,19H2. The van der Waals surface area contributed by atoms with E-state index in [0.29, 0.717) is 18.7 Å². The molecule has 2 aliphatic rings. The lowest BCUT2D eigenvalue weighted by Crippen LogP contribution is -2.50. The van der Waals surface area contributed by atoms with Gasteiger partial charge in [-0.1, -0.05) is 24.3 Å². The van der Waals surface area contributed by atoms with Crippen molar-refractivity contribution in [1.29, 1.82) is 0 Å². The van der Waals surface area contributed by atoms with Gasteiger partial charge in [0.25, 0.3) is 5.91 Å². The number of carbonyl (C=O) groups is 1. The van der Waals surface area contributed by atoms with E-state index in [1.165, 1.54) is 21.6 Å². The molecule has 0 N–H and O–H groups in total. The Kier molecular flexibility index (Phi) is 5.86. The number of amides is 1. The SMILES string of the molecule is O=C(c1ccc(N2CCc3ccccc3C2)cc1)N1CCN(S(=O)(=O)c2cccnc2)CC1. The monoisotopic (exact) mass is 462 g/mol. The number of aromatic nitrogens is 1. The topological polar surface area (TPSA) is 73.8 Å². The van der Waals surface area contributed by atoms with Gasteiger partial charge in [0.15, 0.2) is 0 Å². The van der Waals surface area contributed by atoms with E-state index in [0.717, 1.165) is 25.2 Å². The van der Waals surface area contributed by atoms with E-state index in [1.54, 1.807) is 23.2 Å². The Labute approximate surface area is 194 Å². The second-order valence-corrected chi connectivity index (χ2v) is 10.3. The van der Waals surface area contributed by atoms with Crippen molar-refractivity contribution in [1.82, 2.24) is 14.2 Å². The number of nitrogens with zero attached hydrogens (tertiary/aromatic N) is 4. The fraction of sp³-hybridized carbons (Fsp3) is 0.280. The number of rotatable bonds is 4. The van der Waals surface area contributed by atoms with E-state index >= 15 is 0 Å². The van der Waals surface area contributed by atoms with E-state index in [4.69, 9.17) is 0 Å². The maximum atomic E-state index is 13.0. The fourth-order valence-electron chi connectivity index (χ4n) is 4.49. The van der Waals surface area contributed by atoms with E-state index in [-0.39, 0.29) is 23.9 Å². The van der Waals surface area contributed by atoms with Crippen molar-refractivity contribution in [2.45, 2.75) is 17.9 Å². The van der Waals surface area contributed by atoms with Crippen LogP contribution < -0.4 is 4.90 Å². The van der Waals surface area contributed by atoms with Crippen LogP contribution >= 0.6 is 0 Å². The van der Waals surface area contributed by atoms with E-state index in [9.17, 15) is 13.2 Å². The van der Waals surface area contributed by atoms with E-state index in [1.807, 2.05) is 24.3 Å². The highest BCUT2D eigenvalue weighted by Gasteiger charge is 2.30. The third-order valence-electron chi connectivity index (χ3n) is 6.41. The highest BCUT2D eigenvalue weighted by atomic mass is 32.2. The van der Waals surface area contributed by atoms with Crippen molar-refractivity contribution >= 4 is 21.6 Å². The summed E-state index contributed by atoms with van der Waals surface area (Å²) in [6.07, 6.45) is 3.92. The summed E-state index contributed by atoms with van der Waals surface area (Å²) in [5.74, 6) is -0.0658. The van der Waals surface area contributed by atoms with Crippen molar-refractivity contribution in [3.63, 3.8) is 0 Å². The van der Waals surface area contributed by atoms with Gasteiger partial charge in [-0.15, -0.1) is 0 Å². The number of hydrogen-bond donors (Lipinski definition) is 0. The normalized spacial score (nSPS) is 17.0. The van der Waals surface area contributed by atoms with Crippen molar-refractivity contribution in [3.05, 3.63) is 89.7 Å². The molecule has 2 aliphatic heterocycles. The number of sulfonamides is 1. The molecule has 7 nitrogen and oxygen atoms in total. The molecule has 0 unspecified atom stereocenters. The zero-order chi connectivity index (χ0) is 22.8. The Bertz CT molecular complexity index is 1240. The fourth-order valence-corrected chi connectivity index (χ4v) is 5.88. The first-order valence-electron chi connectivity index (χ1n) is 11.1. The molecule has 8 heteroatoms. The summed E-state index contributed by atoms with van der Waals surface area (Å²) in [6.45, 7) is 3.10. The van der Waals surface area contributed by atoms with Crippen LogP contribution in [-0.4, -0.2) is 61.2 Å². The molecule has 1 amide bonds. The molecule has 0 atom stereocenters. The van der Waals surface area contributed by atoms with Gasteiger partial charge in [0.05, 0.1) is 0 Å². The van der Waals surface area contributed by atoms with Gasteiger partial charge >= 0.3 is 0 Å². The van der Waals surface area contributed by atoms with Gasteiger partial charge in [0.1, 0.15) is 4.90 Å². The highest BCUT2D eigenvalue weighted by Crippen LogP contribution is 2.25. The molecule has 0 saturated carbocycles. The summed E-state index contributed by atoms with van der Waals surface area (Å²) < 4.78 is 27.0. The lowest BCUT2D eigenvalue weighted by molar-refractivity contribution is 0.0698. The number of benzene rings is 2. The smallest absolute Gasteiger partial charge is 0.253 e. The van der Waals surface area contributed by atoms with Crippen LogP contribution in [0.15, 0.2) is 78.0 Å². The Morgan fingerprint density at radius 3 is 2.24 bits per heavy atom. The van der Waals surface area contributed by atoms with Crippen LogP contribution in [0.1, 0.15) is 21.5 Å². The third-order valence-corrected chi connectivity index (χ3v) is 8.29. The molecule has 3 aromatic rings. The second-order valence-electron chi connectivity index (χ2n) is 8.37.